The molecule has 0 N–H and O–H groups in total. The van der Waals surface area contributed by atoms with Crippen molar-refractivity contribution in [1.29, 1.82) is 0 Å². The van der Waals surface area contributed by atoms with Crippen molar-refractivity contribution in [1.82, 2.24) is 0 Å². The van der Waals surface area contributed by atoms with Crippen LogP contribution in [-0.4, -0.2) is 18.5 Å². The topological polar surface area (TPSA) is 52.6 Å². The Bertz CT molecular complexity index is 557. The fraction of sp³-hybridized carbons (Fsp3) is 0.619. The van der Waals surface area contributed by atoms with Gasteiger partial charge in [-0.25, -0.2) is 0 Å². The highest BCUT2D eigenvalue weighted by Gasteiger charge is 2.06. The van der Waals surface area contributed by atoms with Crippen LogP contribution in [0.3, 0.4) is 0 Å². The van der Waals surface area contributed by atoms with Crippen LogP contribution in [0.2, 0.25) is 5.02 Å². The van der Waals surface area contributed by atoms with Gasteiger partial charge in [0.25, 0.3) is 0 Å². The van der Waals surface area contributed by atoms with Crippen molar-refractivity contribution in [3.8, 4) is 0 Å². The number of carbonyl (C=O) groups excluding carboxylic acids is 2. The number of unbranched alkanes of at least 4 members (excludes halogenated alkanes) is 5. The van der Waals surface area contributed by atoms with E-state index in [0.29, 0.717) is 31.1 Å². The Hall–Kier alpha value is -1.55. The molecule has 0 bridgehead atoms. The summed E-state index contributed by atoms with van der Waals surface area (Å²) < 4.78 is 10.4. The van der Waals surface area contributed by atoms with E-state index >= 15 is 0 Å². The predicted octanol–water partition coefficient (Wildman–Crippen LogP) is 5.77. The number of aryl methyl sites for hydroxylation is 1. The van der Waals surface area contributed by atoms with Gasteiger partial charge in [-0.05, 0) is 49.4 Å². The van der Waals surface area contributed by atoms with Gasteiger partial charge in [0.2, 0.25) is 0 Å². The highest BCUT2D eigenvalue weighted by atomic mass is 35.5. The van der Waals surface area contributed by atoms with Crippen LogP contribution in [0.25, 0.3) is 0 Å². The fourth-order valence-electron chi connectivity index (χ4n) is 2.59. The first-order valence-corrected chi connectivity index (χ1v) is 9.97. The molecule has 0 radical (unpaired) electrons. The molecule has 0 amide bonds. The quantitative estimate of drug-likeness (QED) is 0.321. The lowest BCUT2D eigenvalue weighted by Gasteiger charge is -2.08. The van der Waals surface area contributed by atoms with Crippen molar-refractivity contribution in [2.45, 2.75) is 78.2 Å². The van der Waals surface area contributed by atoms with Crippen molar-refractivity contribution in [3.63, 3.8) is 0 Å². The van der Waals surface area contributed by atoms with Crippen LogP contribution >= 0.6 is 11.6 Å². The van der Waals surface area contributed by atoms with Gasteiger partial charge in [0.1, 0.15) is 6.61 Å². The highest BCUT2D eigenvalue weighted by molar-refractivity contribution is 6.30. The van der Waals surface area contributed by atoms with Gasteiger partial charge in [-0.3, -0.25) is 9.59 Å². The maximum Gasteiger partial charge on any atom is 0.306 e. The normalized spacial score (nSPS) is 10.6. The summed E-state index contributed by atoms with van der Waals surface area (Å²) in [6.45, 7) is 4.77. The van der Waals surface area contributed by atoms with Crippen LogP contribution < -0.4 is 0 Å². The maximum absolute atomic E-state index is 11.8. The predicted molar refractivity (Wildman–Crippen MR) is 104 cm³/mol. The number of esters is 2. The average molecular weight is 383 g/mol. The van der Waals surface area contributed by atoms with Crippen molar-refractivity contribution in [2.24, 2.45) is 0 Å². The molecule has 1 rings (SSSR count). The Morgan fingerprint density at radius 2 is 1.50 bits per heavy atom. The molecule has 0 atom stereocenters. The lowest BCUT2D eigenvalue weighted by atomic mass is 10.1. The van der Waals surface area contributed by atoms with Crippen LogP contribution in [0.4, 0.5) is 0 Å². The molecule has 0 aromatic heterocycles. The summed E-state index contributed by atoms with van der Waals surface area (Å²) in [6.07, 6.45) is 7.76. The second-order valence-electron chi connectivity index (χ2n) is 6.57. The number of ether oxygens (including phenoxy) is 2. The van der Waals surface area contributed by atoms with Crippen molar-refractivity contribution >= 4 is 23.5 Å². The van der Waals surface area contributed by atoms with E-state index in [9.17, 15) is 9.59 Å². The average Bonchev–Trinajstić information content (AvgIpc) is 2.61. The third-order valence-corrected chi connectivity index (χ3v) is 4.41. The van der Waals surface area contributed by atoms with Crippen molar-refractivity contribution in [2.75, 3.05) is 6.61 Å². The molecule has 0 aliphatic carbocycles. The second-order valence-corrected chi connectivity index (χ2v) is 7.01. The van der Waals surface area contributed by atoms with Crippen LogP contribution in [0.1, 0.15) is 75.8 Å². The summed E-state index contributed by atoms with van der Waals surface area (Å²) in [5.74, 6) is -0.247. The van der Waals surface area contributed by atoms with E-state index in [4.69, 9.17) is 21.1 Å². The number of halogens is 1. The highest BCUT2D eigenvalue weighted by Crippen LogP contribution is 2.16. The number of benzene rings is 1. The van der Waals surface area contributed by atoms with Crippen LogP contribution in [0.5, 0.6) is 0 Å². The SMILES string of the molecule is CCCOC(=O)CCCCCCCCC(=O)OCc1ccc(Cl)cc1C. The third kappa shape index (κ3) is 10.4. The smallest absolute Gasteiger partial charge is 0.306 e. The molecule has 0 aliphatic heterocycles. The first-order valence-electron chi connectivity index (χ1n) is 9.59. The van der Waals surface area contributed by atoms with Crippen molar-refractivity contribution in [3.05, 3.63) is 34.3 Å². The molecule has 0 fully saturated rings. The van der Waals surface area contributed by atoms with Gasteiger partial charge in [0.05, 0.1) is 6.61 Å². The first kappa shape index (κ1) is 22.5. The summed E-state index contributed by atoms with van der Waals surface area (Å²) in [5, 5.41) is 0.690. The molecule has 1 aromatic rings. The lowest BCUT2D eigenvalue weighted by Crippen LogP contribution is -2.05. The minimum absolute atomic E-state index is 0.0921. The minimum atomic E-state index is -0.155. The molecule has 26 heavy (non-hydrogen) atoms. The Morgan fingerprint density at radius 1 is 0.923 bits per heavy atom. The Labute approximate surface area is 162 Å². The van der Waals surface area contributed by atoms with Crippen LogP contribution in [0.15, 0.2) is 18.2 Å². The Balaban J connectivity index is 1.99. The molecule has 0 unspecified atom stereocenters. The van der Waals surface area contributed by atoms with Crippen molar-refractivity contribution < 1.29 is 19.1 Å². The van der Waals surface area contributed by atoms with Crippen LogP contribution in [-0.2, 0) is 25.7 Å². The zero-order valence-electron chi connectivity index (χ0n) is 16.0. The van der Waals surface area contributed by atoms with Gasteiger partial charge in [-0.15, -0.1) is 0 Å². The molecule has 0 saturated heterocycles. The van der Waals surface area contributed by atoms with E-state index in [1.807, 2.05) is 26.0 Å². The van der Waals surface area contributed by atoms with Gasteiger partial charge < -0.3 is 9.47 Å². The molecule has 4 nitrogen and oxygen atoms in total. The lowest BCUT2D eigenvalue weighted by molar-refractivity contribution is -0.145. The molecule has 5 heteroatoms. The summed E-state index contributed by atoms with van der Waals surface area (Å²) in [6, 6.07) is 5.57. The fourth-order valence-corrected chi connectivity index (χ4v) is 2.81. The van der Waals surface area contributed by atoms with Gasteiger partial charge in [0, 0.05) is 17.9 Å². The summed E-state index contributed by atoms with van der Waals surface area (Å²) in [7, 11) is 0. The van der Waals surface area contributed by atoms with Crippen LogP contribution in [0, 0.1) is 6.92 Å². The van der Waals surface area contributed by atoms with Gasteiger partial charge >= 0.3 is 11.9 Å². The van der Waals surface area contributed by atoms with E-state index in [1.165, 1.54) is 0 Å². The Kier molecular flexibility index (Phi) is 11.8. The minimum Gasteiger partial charge on any atom is -0.466 e. The van der Waals surface area contributed by atoms with Gasteiger partial charge in [-0.2, -0.15) is 0 Å². The zero-order chi connectivity index (χ0) is 19.2. The van der Waals surface area contributed by atoms with E-state index in [1.54, 1.807) is 6.07 Å². The zero-order valence-corrected chi connectivity index (χ0v) is 16.8. The molecule has 0 saturated carbocycles. The standard InChI is InChI=1S/C21H31ClO4/c1-3-14-25-20(23)10-8-6-4-5-7-9-11-21(24)26-16-18-12-13-19(22)15-17(18)2/h12-13,15H,3-11,14,16H2,1-2H3. The molecule has 0 spiro atoms. The van der Waals surface area contributed by atoms with E-state index in [-0.39, 0.29) is 11.9 Å². The van der Waals surface area contributed by atoms with E-state index in [0.717, 1.165) is 56.1 Å². The summed E-state index contributed by atoms with van der Waals surface area (Å²) in [5.41, 5.74) is 2.02. The summed E-state index contributed by atoms with van der Waals surface area (Å²) >= 11 is 5.91. The van der Waals surface area contributed by atoms with Gasteiger partial charge in [-0.1, -0.05) is 50.3 Å². The molecule has 0 heterocycles. The molecular weight excluding hydrogens is 352 g/mol. The van der Waals surface area contributed by atoms with E-state index in [2.05, 4.69) is 0 Å². The molecular formula is C21H31ClO4. The number of hydrogen-bond acceptors (Lipinski definition) is 4. The second kappa shape index (κ2) is 13.6. The molecule has 146 valence electrons. The Morgan fingerprint density at radius 3 is 2.08 bits per heavy atom. The largest absolute Gasteiger partial charge is 0.466 e. The van der Waals surface area contributed by atoms with Gasteiger partial charge in [0.15, 0.2) is 0 Å². The number of rotatable bonds is 13. The number of carbonyl (C=O) groups is 2. The van der Waals surface area contributed by atoms with E-state index < -0.39 is 0 Å². The monoisotopic (exact) mass is 382 g/mol. The third-order valence-electron chi connectivity index (χ3n) is 4.17. The molecule has 0 aliphatic rings. The first-order chi connectivity index (χ1) is 12.5. The number of hydrogen-bond donors (Lipinski definition) is 0. The summed E-state index contributed by atoms with van der Waals surface area (Å²) in [4.78, 5) is 23.1. The molecule has 1 aromatic carbocycles. The maximum atomic E-state index is 11.8.